The van der Waals surface area contributed by atoms with Crippen molar-refractivity contribution in [3.63, 3.8) is 0 Å². The number of nitrogens with zero attached hydrogens (tertiary/aromatic N) is 1. The van der Waals surface area contributed by atoms with Gasteiger partial charge in [0.25, 0.3) is 5.91 Å². The number of likely N-dealkylation sites (tertiary alicyclic amines) is 1. The highest BCUT2D eigenvalue weighted by atomic mass is 16.3. The summed E-state index contributed by atoms with van der Waals surface area (Å²) in [4.78, 5) is 13.2. The van der Waals surface area contributed by atoms with Gasteiger partial charge >= 0.3 is 0 Å². The predicted octanol–water partition coefficient (Wildman–Crippen LogP) is 0.768. The van der Waals surface area contributed by atoms with Crippen LogP contribution in [0.4, 0.5) is 0 Å². The molecule has 0 radical (unpaired) electrons. The van der Waals surface area contributed by atoms with Crippen molar-refractivity contribution in [1.29, 1.82) is 0 Å². The van der Waals surface area contributed by atoms with Crippen molar-refractivity contribution < 1.29 is 9.90 Å². The number of hydrogen-bond donors (Lipinski definition) is 1. The van der Waals surface area contributed by atoms with Gasteiger partial charge < -0.3 is 10.0 Å². The van der Waals surface area contributed by atoms with Crippen LogP contribution in [0, 0.1) is 0 Å². The van der Waals surface area contributed by atoms with Crippen molar-refractivity contribution in [1.82, 2.24) is 4.90 Å². The van der Waals surface area contributed by atoms with Gasteiger partial charge in [-0.25, -0.2) is 0 Å². The molecule has 0 aromatic rings. The zero-order valence-corrected chi connectivity index (χ0v) is 7.79. The SMILES string of the molecule is CCC(C)N1CCCC(O)C1=O. The average molecular weight is 171 g/mol. The summed E-state index contributed by atoms with van der Waals surface area (Å²) < 4.78 is 0. The number of amides is 1. The molecule has 1 fully saturated rings. The molecule has 1 heterocycles. The first-order valence-corrected chi connectivity index (χ1v) is 4.65. The maximum absolute atomic E-state index is 11.4. The molecule has 3 nitrogen and oxygen atoms in total. The van der Waals surface area contributed by atoms with Gasteiger partial charge in [-0.1, -0.05) is 6.92 Å². The van der Waals surface area contributed by atoms with Crippen molar-refractivity contribution >= 4 is 5.91 Å². The smallest absolute Gasteiger partial charge is 0.251 e. The molecule has 1 amide bonds. The molecule has 2 atom stereocenters. The average Bonchev–Trinajstić information content (AvgIpc) is 2.08. The largest absolute Gasteiger partial charge is 0.383 e. The van der Waals surface area contributed by atoms with Crippen molar-refractivity contribution in [2.75, 3.05) is 6.54 Å². The standard InChI is InChI=1S/C9H17NO2/c1-3-7(2)10-6-4-5-8(11)9(10)12/h7-8,11H,3-6H2,1-2H3. The Labute approximate surface area is 73.4 Å². The summed E-state index contributed by atoms with van der Waals surface area (Å²) in [6.45, 7) is 4.89. The molecule has 1 saturated heterocycles. The van der Waals surface area contributed by atoms with Crippen molar-refractivity contribution in [2.24, 2.45) is 0 Å². The first-order valence-electron chi connectivity index (χ1n) is 4.65. The lowest BCUT2D eigenvalue weighted by atomic mass is 10.0. The van der Waals surface area contributed by atoms with E-state index in [1.165, 1.54) is 0 Å². The van der Waals surface area contributed by atoms with Crippen LogP contribution in [-0.4, -0.2) is 34.6 Å². The van der Waals surface area contributed by atoms with Gasteiger partial charge in [-0.2, -0.15) is 0 Å². The molecule has 12 heavy (non-hydrogen) atoms. The molecule has 0 aromatic heterocycles. The molecule has 70 valence electrons. The van der Waals surface area contributed by atoms with E-state index < -0.39 is 6.10 Å². The zero-order chi connectivity index (χ0) is 9.14. The summed E-state index contributed by atoms with van der Waals surface area (Å²) >= 11 is 0. The maximum atomic E-state index is 11.4. The molecule has 0 aromatic carbocycles. The second kappa shape index (κ2) is 3.90. The third-order valence-corrected chi connectivity index (χ3v) is 2.57. The quantitative estimate of drug-likeness (QED) is 0.666. The van der Waals surface area contributed by atoms with E-state index in [0.29, 0.717) is 6.42 Å². The van der Waals surface area contributed by atoms with Crippen LogP contribution >= 0.6 is 0 Å². The van der Waals surface area contributed by atoms with Gasteiger partial charge in [-0.05, 0) is 26.2 Å². The number of aliphatic hydroxyl groups excluding tert-OH is 1. The van der Waals surface area contributed by atoms with E-state index in [4.69, 9.17) is 0 Å². The summed E-state index contributed by atoms with van der Waals surface area (Å²) in [6, 6.07) is 0.271. The molecule has 0 bridgehead atoms. The lowest BCUT2D eigenvalue weighted by Gasteiger charge is -2.34. The molecule has 0 aliphatic carbocycles. The Bertz CT molecular complexity index is 170. The fourth-order valence-corrected chi connectivity index (χ4v) is 1.54. The second-order valence-corrected chi connectivity index (χ2v) is 3.45. The highest BCUT2D eigenvalue weighted by Crippen LogP contribution is 2.15. The Morgan fingerprint density at radius 2 is 2.42 bits per heavy atom. The molecule has 0 saturated carbocycles. The van der Waals surface area contributed by atoms with E-state index in [0.717, 1.165) is 19.4 Å². The van der Waals surface area contributed by atoms with Crippen LogP contribution in [0.1, 0.15) is 33.1 Å². The van der Waals surface area contributed by atoms with E-state index in [2.05, 4.69) is 6.92 Å². The lowest BCUT2D eigenvalue weighted by molar-refractivity contribution is -0.146. The van der Waals surface area contributed by atoms with Crippen LogP contribution in [-0.2, 0) is 4.79 Å². The van der Waals surface area contributed by atoms with Crippen molar-refractivity contribution in [3.05, 3.63) is 0 Å². The van der Waals surface area contributed by atoms with Crippen LogP contribution in [0.25, 0.3) is 0 Å². The van der Waals surface area contributed by atoms with Crippen LogP contribution in [0.2, 0.25) is 0 Å². The Balaban J connectivity index is 2.57. The number of carbonyl (C=O) groups excluding carboxylic acids is 1. The molecular weight excluding hydrogens is 154 g/mol. The van der Waals surface area contributed by atoms with Crippen LogP contribution in [0.5, 0.6) is 0 Å². The minimum atomic E-state index is -0.743. The van der Waals surface area contributed by atoms with Gasteiger partial charge in [0.1, 0.15) is 6.10 Å². The van der Waals surface area contributed by atoms with Crippen molar-refractivity contribution in [3.8, 4) is 0 Å². The fourth-order valence-electron chi connectivity index (χ4n) is 1.54. The summed E-state index contributed by atoms with van der Waals surface area (Å²) in [5.74, 6) is -0.0874. The minimum absolute atomic E-state index is 0.0874. The van der Waals surface area contributed by atoms with Crippen LogP contribution in [0.3, 0.4) is 0 Å². The Morgan fingerprint density at radius 1 is 1.75 bits per heavy atom. The highest BCUT2D eigenvalue weighted by molar-refractivity contribution is 5.81. The molecule has 1 aliphatic rings. The lowest BCUT2D eigenvalue weighted by Crippen LogP contribution is -2.48. The van der Waals surface area contributed by atoms with Gasteiger partial charge in [-0.3, -0.25) is 4.79 Å². The monoisotopic (exact) mass is 171 g/mol. The Kier molecular flexibility index (Phi) is 3.09. The fraction of sp³-hybridized carbons (Fsp3) is 0.889. The van der Waals surface area contributed by atoms with E-state index in [1.807, 2.05) is 6.92 Å². The highest BCUT2D eigenvalue weighted by Gasteiger charge is 2.28. The van der Waals surface area contributed by atoms with E-state index in [9.17, 15) is 9.90 Å². The third kappa shape index (κ3) is 1.78. The topological polar surface area (TPSA) is 40.5 Å². The first-order chi connectivity index (χ1) is 5.66. The van der Waals surface area contributed by atoms with Crippen molar-refractivity contribution in [2.45, 2.75) is 45.3 Å². The molecule has 2 unspecified atom stereocenters. The normalized spacial score (nSPS) is 27.4. The molecule has 1 aliphatic heterocycles. The van der Waals surface area contributed by atoms with Gasteiger partial charge in [0.2, 0.25) is 0 Å². The maximum Gasteiger partial charge on any atom is 0.251 e. The molecule has 0 spiro atoms. The van der Waals surface area contributed by atoms with Gasteiger partial charge in [0.05, 0.1) is 0 Å². The first kappa shape index (κ1) is 9.52. The number of piperidine rings is 1. The minimum Gasteiger partial charge on any atom is -0.383 e. The molecule has 3 heteroatoms. The third-order valence-electron chi connectivity index (χ3n) is 2.57. The van der Waals surface area contributed by atoms with Gasteiger partial charge in [0.15, 0.2) is 0 Å². The Hall–Kier alpha value is -0.570. The van der Waals surface area contributed by atoms with Crippen LogP contribution < -0.4 is 0 Å². The zero-order valence-electron chi connectivity index (χ0n) is 7.79. The molecule has 1 rings (SSSR count). The number of hydrogen-bond acceptors (Lipinski definition) is 2. The summed E-state index contributed by atoms with van der Waals surface area (Å²) in [5, 5.41) is 9.30. The van der Waals surface area contributed by atoms with E-state index in [1.54, 1.807) is 4.90 Å². The summed E-state index contributed by atoms with van der Waals surface area (Å²) in [7, 11) is 0. The summed E-state index contributed by atoms with van der Waals surface area (Å²) in [5.41, 5.74) is 0. The van der Waals surface area contributed by atoms with E-state index >= 15 is 0 Å². The van der Waals surface area contributed by atoms with Gasteiger partial charge in [-0.15, -0.1) is 0 Å². The Morgan fingerprint density at radius 3 is 3.00 bits per heavy atom. The number of aliphatic hydroxyl groups is 1. The summed E-state index contributed by atoms with van der Waals surface area (Å²) in [6.07, 6.45) is 1.77. The number of carbonyl (C=O) groups is 1. The predicted molar refractivity (Wildman–Crippen MR) is 46.7 cm³/mol. The second-order valence-electron chi connectivity index (χ2n) is 3.45. The van der Waals surface area contributed by atoms with Crippen LogP contribution in [0.15, 0.2) is 0 Å². The van der Waals surface area contributed by atoms with E-state index in [-0.39, 0.29) is 11.9 Å². The molecular formula is C9H17NO2. The number of rotatable bonds is 2. The van der Waals surface area contributed by atoms with Gasteiger partial charge in [0, 0.05) is 12.6 Å². The molecule has 1 N–H and O–H groups in total.